The van der Waals surface area contributed by atoms with Crippen molar-refractivity contribution in [1.82, 2.24) is 25.2 Å². The number of carbonyl (C=O) groups is 3. The molecule has 1 saturated heterocycles. The molecule has 2 aromatic carbocycles. The quantitative estimate of drug-likeness (QED) is 0.314. The van der Waals surface area contributed by atoms with Crippen molar-refractivity contribution >= 4 is 38.8 Å². The van der Waals surface area contributed by atoms with Gasteiger partial charge in [0.2, 0.25) is 15.9 Å². The van der Waals surface area contributed by atoms with E-state index in [-0.39, 0.29) is 25.3 Å². The summed E-state index contributed by atoms with van der Waals surface area (Å²) in [6, 6.07) is 15.8. The van der Waals surface area contributed by atoms with Gasteiger partial charge in [-0.1, -0.05) is 48.9 Å². The number of pyridine rings is 1. The van der Waals surface area contributed by atoms with Crippen LogP contribution < -0.4 is 24.8 Å². The van der Waals surface area contributed by atoms with E-state index in [2.05, 4.69) is 15.4 Å². The van der Waals surface area contributed by atoms with Crippen molar-refractivity contribution in [2.75, 3.05) is 20.2 Å². The fourth-order valence-corrected chi connectivity index (χ4v) is 8.15. The lowest BCUT2D eigenvalue weighted by molar-refractivity contribution is -0.131. The normalized spacial score (nSPS) is 26.6. The number of nitrogens with one attached hydrogen (secondary N) is 3. The van der Waals surface area contributed by atoms with Gasteiger partial charge in [-0.3, -0.25) is 14.3 Å². The summed E-state index contributed by atoms with van der Waals surface area (Å²) in [5.41, 5.74) is 0.847. The molecule has 2 saturated carbocycles. The van der Waals surface area contributed by atoms with Crippen molar-refractivity contribution < 1.29 is 32.3 Å². The van der Waals surface area contributed by atoms with Crippen molar-refractivity contribution in [3.8, 4) is 22.8 Å². The number of amides is 4. The maximum atomic E-state index is 14.1. The van der Waals surface area contributed by atoms with E-state index in [9.17, 15) is 22.8 Å². The molecule has 0 spiro atoms. The number of urea groups is 1. The minimum Gasteiger partial charge on any atom is -0.497 e. The van der Waals surface area contributed by atoms with Crippen LogP contribution in [0.25, 0.3) is 22.2 Å². The lowest BCUT2D eigenvalue weighted by Crippen LogP contribution is -2.57. The topological polar surface area (TPSA) is 156 Å². The summed E-state index contributed by atoms with van der Waals surface area (Å²) in [6.07, 6.45) is 8.15. The molecule has 7 rings (SSSR count). The van der Waals surface area contributed by atoms with Crippen molar-refractivity contribution in [2.45, 2.75) is 74.3 Å². The van der Waals surface area contributed by atoms with Gasteiger partial charge in [0.15, 0.2) is 0 Å². The molecule has 49 heavy (non-hydrogen) atoms. The highest BCUT2D eigenvalue weighted by molar-refractivity contribution is 7.91. The predicted octanol–water partition coefficient (Wildman–Crippen LogP) is 4.06. The van der Waals surface area contributed by atoms with Crippen LogP contribution in [0.2, 0.25) is 0 Å². The second kappa shape index (κ2) is 13.3. The van der Waals surface area contributed by atoms with E-state index >= 15 is 0 Å². The van der Waals surface area contributed by atoms with Gasteiger partial charge in [0.25, 0.3) is 5.91 Å². The summed E-state index contributed by atoms with van der Waals surface area (Å²) in [5.74, 6) is -0.426. The summed E-state index contributed by atoms with van der Waals surface area (Å²) in [4.78, 5) is 47.5. The molecule has 0 radical (unpaired) electrons. The van der Waals surface area contributed by atoms with Crippen molar-refractivity contribution in [1.29, 1.82) is 0 Å². The highest BCUT2D eigenvalue weighted by Crippen LogP contribution is 2.46. The van der Waals surface area contributed by atoms with Crippen LogP contribution in [-0.4, -0.2) is 79.3 Å². The first-order chi connectivity index (χ1) is 23.7. The summed E-state index contributed by atoms with van der Waals surface area (Å²) in [5, 5.41) is 6.02. The number of sulfonamides is 1. The van der Waals surface area contributed by atoms with E-state index in [4.69, 9.17) is 14.5 Å². The number of rotatable bonds is 7. The molecular formula is C36H41N5O7S. The van der Waals surface area contributed by atoms with Crippen molar-refractivity contribution in [2.24, 2.45) is 5.92 Å². The molecule has 3 aromatic rings. The van der Waals surface area contributed by atoms with E-state index in [1.165, 1.54) is 4.90 Å². The Morgan fingerprint density at radius 1 is 1.06 bits per heavy atom. The number of methoxy groups -OCH3 is 1. The van der Waals surface area contributed by atoms with Crippen molar-refractivity contribution in [3.63, 3.8) is 0 Å². The number of hydrogen-bond acceptors (Lipinski definition) is 8. The third kappa shape index (κ3) is 6.94. The van der Waals surface area contributed by atoms with Gasteiger partial charge >= 0.3 is 6.03 Å². The first-order valence-corrected chi connectivity index (χ1v) is 18.5. The second-order valence-corrected chi connectivity index (χ2v) is 15.3. The van der Waals surface area contributed by atoms with Gasteiger partial charge in [-0.15, -0.1) is 0 Å². The zero-order chi connectivity index (χ0) is 34.2. The highest BCUT2D eigenvalue weighted by Gasteiger charge is 2.62. The number of allylic oxidation sites excluding steroid dienone is 1. The minimum atomic E-state index is -3.83. The maximum Gasteiger partial charge on any atom is 0.318 e. The molecule has 2 aliphatic carbocycles. The van der Waals surface area contributed by atoms with E-state index in [1.807, 2.05) is 66.7 Å². The standard InChI is InChI=1S/C36H41N5O7S/c1-47-25-13-16-28-30(18-25)38-29(23-10-6-5-7-11-23)20-32(28)48-26-19-31-33(42)39-36(34(43)40-49(45,46)27-14-15-27)21-24(36)12-8-3-2-4-9-17-37-35(44)41(31)22-26/h5-8,10-13,16,18,20,24,26-27,31H,2-4,9,14-15,17,19,21-22H2,1H3,(H,37,44)(H,39,42)(H,40,43)/b12-8-/t24-,26-,31+,36-/m1/s1. The fourth-order valence-electron chi connectivity index (χ4n) is 6.78. The molecule has 1 aromatic heterocycles. The maximum absolute atomic E-state index is 14.1. The molecule has 4 amide bonds. The number of ether oxygens (including phenoxy) is 2. The number of benzene rings is 2. The fraction of sp³-hybridized carbons (Fsp3) is 0.444. The van der Waals surface area contributed by atoms with E-state index in [0.717, 1.165) is 36.6 Å². The van der Waals surface area contributed by atoms with Gasteiger partial charge in [0.1, 0.15) is 29.2 Å². The van der Waals surface area contributed by atoms with E-state index in [0.29, 0.717) is 42.1 Å². The smallest absolute Gasteiger partial charge is 0.318 e. The summed E-state index contributed by atoms with van der Waals surface area (Å²) in [7, 11) is -2.24. The zero-order valence-corrected chi connectivity index (χ0v) is 28.2. The molecule has 4 atom stereocenters. The Balaban J connectivity index is 1.18. The first-order valence-electron chi connectivity index (χ1n) is 17.0. The number of fused-ring (bicyclic) bond motifs is 3. The molecule has 3 fully saturated rings. The van der Waals surface area contributed by atoms with E-state index in [1.54, 1.807) is 7.11 Å². The Morgan fingerprint density at radius 2 is 1.88 bits per heavy atom. The molecule has 0 bridgehead atoms. The van der Waals surface area contributed by atoms with Crippen LogP contribution in [0, 0.1) is 5.92 Å². The lowest BCUT2D eigenvalue weighted by Gasteiger charge is -2.26. The van der Waals surface area contributed by atoms with E-state index < -0.39 is 50.8 Å². The van der Waals surface area contributed by atoms with Gasteiger partial charge in [-0.25, -0.2) is 18.2 Å². The van der Waals surface area contributed by atoms with Gasteiger partial charge in [0, 0.05) is 42.0 Å². The summed E-state index contributed by atoms with van der Waals surface area (Å²) in [6.45, 7) is 0.591. The second-order valence-electron chi connectivity index (χ2n) is 13.4. The third-order valence-electron chi connectivity index (χ3n) is 9.83. The zero-order valence-electron chi connectivity index (χ0n) is 27.4. The van der Waals surface area contributed by atoms with Crippen LogP contribution in [0.4, 0.5) is 4.79 Å². The number of nitrogens with zero attached hydrogens (tertiary/aromatic N) is 2. The summed E-state index contributed by atoms with van der Waals surface area (Å²) >= 11 is 0. The molecule has 258 valence electrons. The largest absolute Gasteiger partial charge is 0.497 e. The van der Waals surface area contributed by atoms with Crippen molar-refractivity contribution in [3.05, 3.63) is 66.7 Å². The molecule has 3 N–H and O–H groups in total. The average Bonchev–Trinajstić information content (AvgIpc) is 4.02. The van der Waals surface area contributed by atoms with Crippen LogP contribution in [0.15, 0.2) is 66.7 Å². The van der Waals surface area contributed by atoms with Crippen LogP contribution in [-0.2, 0) is 19.6 Å². The first kappa shape index (κ1) is 32.9. The van der Waals surface area contributed by atoms with Crippen LogP contribution in [0.1, 0.15) is 51.4 Å². The predicted molar refractivity (Wildman–Crippen MR) is 183 cm³/mol. The Kier molecular flexibility index (Phi) is 8.95. The van der Waals surface area contributed by atoms with Gasteiger partial charge in [-0.05, 0) is 50.7 Å². The molecule has 4 aliphatic rings. The van der Waals surface area contributed by atoms with Gasteiger partial charge in [-0.2, -0.15) is 0 Å². The third-order valence-corrected chi connectivity index (χ3v) is 11.6. The van der Waals surface area contributed by atoms with Crippen LogP contribution in [0.5, 0.6) is 11.5 Å². The molecule has 2 aliphatic heterocycles. The Labute approximate surface area is 285 Å². The lowest BCUT2D eigenvalue weighted by atomic mass is 10.1. The SMILES string of the molecule is COc1ccc2c(O[C@@H]3C[C@H]4C(=O)N[C@]5(C(=O)NS(=O)(=O)C6CC6)C[C@H]5/C=C\CCCCCNC(=O)N4C3)cc(-c3ccccc3)nc2c1. The molecular weight excluding hydrogens is 646 g/mol. The number of aromatic nitrogens is 1. The molecule has 3 heterocycles. The molecule has 12 nitrogen and oxygen atoms in total. The summed E-state index contributed by atoms with van der Waals surface area (Å²) < 4.78 is 39.8. The monoisotopic (exact) mass is 687 g/mol. The number of hydrogen-bond donors (Lipinski definition) is 3. The van der Waals surface area contributed by atoms with Gasteiger partial charge in [0.05, 0.1) is 30.1 Å². The Hall–Kier alpha value is -4.65. The molecule has 13 heteroatoms. The highest BCUT2D eigenvalue weighted by atomic mass is 32.2. The Bertz CT molecular complexity index is 1900. The van der Waals surface area contributed by atoms with Gasteiger partial charge < -0.3 is 25.0 Å². The van der Waals surface area contributed by atoms with Crippen LogP contribution >= 0.6 is 0 Å². The molecule has 0 unspecified atom stereocenters. The average molecular weight is 688 g/mol. The van der Waals surface area contributed by atoms with Crippen LogP contribution in [0.3, 0.4) is 0 Å². The number of carbonyl (C=O) groups excluding carboxylic acids is 3. The minimum absolute atomic E-state index is 0.128. The Morgan fingerprint density at radius 3 is 2.65 bits per heavy atom.